The smallest absolute Gasteiger partial charge is 0.257 e. The van der Waals surface area contributed by atoms with Crippen molar-refractivity contribution in [2.24, 2.45) is 5.10 Å². The molecule has 2 aromatic rings. The van der Waals surface area contributed by atoms with Gasteiger partial charge in [0.1, 0.15) is 17.3 Å². The van der Waals surface area contributed by atoms with Gasteiger partial charge in [0.05, 0.1) is 32.5 Å². The molecule has 164 valence electrons. The average Bonchev–Trinajstić information content (AvgIpc) is 3.24. The van der Waals surface area contributed by atoms with Crippen LogP contribution in [0.25, 0.3) is 0 Å². The molecule has 2 aromatic carbocycles. The molecule has 0 N–H and O–H groups in total. The minimum absolute atomic E-state index is 0.0869. The molecule has 0 radical (unpaired) electrons. The molecule has 0 bridgehead atoms. The van der Waals surface area contributed by atoms with Crippen LogP contribution in [0.5, 0.6) is 11.5 Å². The fourth-order valence-corrected chi connectivity index (χ4v) is 4.32. The number of hydrogen-bond donors (Lipinski definition) is 0. The zero-order chi connectivity index (χ0) is 21.8. The van der Waals surface area contributed by atoms with Gasteiger partial charge in [-0.2, -0.15) is 5.10 Å². The third-order valence-corrected chi connectivity index (χ3v) is 5.96. The van der Waals surface area contributed by atoms with Gasteiger partial charge in [0.25, 0.3) is 5.91 Å². The molecule has 0 aliphatic carbocycles. The van der Waals surface area contributed by atoms with Crippen molar-refractivity contribution < 1.29 is 18.7 Å². The molecule has 31 heavy (non-hydrogen) atoms. The highest BCUT2D eigenvalue weighted by molar-refractivity contribution is 6.03. The summed E-state index contributed by atoms with van der Waals surface area (Å²) in [5.41, 5.74) is 1.81. The minimum atomic E-state index is -0.368. The van der Waals surface area contributed by atoms with E-state index in [0.29, 0.717) is 35.7 Å². The Labute approximate surface area is 182 Å². The molecule has 6 nitrogen and oxygen atoms in total. The van der Waals surface area contributed by atoms with Crippen LogP contribution in [0.4, 0.5) is 4.39 Å². The Morgan fingerprint density at radius 3 is 2.58 bits per heavy atom. The first-order valence-corrected chi connectivity index (χ1v) is 10.7. The molecule has 0 unspecified atom stereocenters. The zero-order valence-corrected chi connectivity index (χ0v) is 18.0. The van der Waals surface area contributed by atoms with Gasteiger partial charge in [-0.3, -0.25) is 9.69 Å². The Morgan fingerprint density at radius 2 is 1.87 bits per heavy atom. The van der Waals surface area contributed by atoms with Gasteiger partial charge >= 0.3 is 0 Å². The van der Waals surface area contributed by atoms with Gasteiger partial charge < -0.3 is 9.47 Å². The summed E-state index contributed by atoms with van der Waals surface area (Å²) in [6, 6.07) is 11.7. The van der Waals surface area contributed by atoms with Crippen LogP contribution in [0.2, 0.25) is 0 Å². The lowest BCUT2D eigenvalue weighted by Crippen LogP contribution is -2.40. The molecule has 1 amide bonds. The molecule has 1 atom stereocenters. The van der Waals surface area contributed by atoms with Gasteiger partial charge in [-0.15, -0.1) is 0 Å². The largest absolute Gasteiger partial charge is 0.497 e. The number of halogens is 1. The molecule has 4 rings (SSSR count). The molecule has 2 heterocycles. The predicted octanol–water partition coefficient (Wildman–Crippen LogP) is 4.01. The maximum Gasteiger partial charge on any atom is 0.257 e. The lowest BCUT2D eigenvalue weighted by molar-refractivity contribution is -0.134. The second-order valence-corrected chi connectivity index (χ2v) is 7.93. The minimum Gasteiger partial charge on any atom is -0.497 e. The van der Waals surface area contributed by atoms with Crippen molar-refractivity contribution in [3.05, 3.63) is 59.4 Å². The van der Waals surface area contributed by atoms with Crippen molar-refractivity contribution in [3.8, 4) is 11.5 Å². The molecular weight excluding hydrogens is 397 g/mol. The topological polar surface area (TPSA) is 54.4 Å². The molecule has 0 spiro atoms. The van der Waals surface area contributed by atoms with E-state index in [1.165, 1.54) is 17.5 Å². The quantitative estimate of drug-likeness (QED) is 0.702. The lowest BCUT2D eigenvalue weighted by atomic mass is 9.97. The summed E-state index contributed by atoms with van der Waals surface area (Å²) in [7, 11) is 3.18. The Bertz CT molecular complexity index is 972. The van der Waals surface area contributed by atoms with Gasteiger partial charge in [-0.1, -0.05) is 24.6 Å². The van der Waals surface area contributed by atoms with Crippen molar-refractivity contribution in [3.63, 3.8) is 0 Å². The summed E-state index contributed by atoms with van der Waals surface area (Å²) in [6.07, 6.45) is 3.82. The fourth-order valence-electron chi connectivity index (χ4n) is 4.32. The van der Waals surface area contributed by atoms with E-state index in [9.17, 15) is 9.18 Å². The Kier molecular flexibility index (Phi) is 6.51. The van der Waals surface area contributed by atoms with E-state index in [1.807, 2.05) is 12.1 Å². The molecule has 0 saturated carbocycles. The number of likely N-dealkylation sites (tertiary alicyclic amines) is 1. The highest BCUT2D eigenvalue weighted by Crippen LogP contribution is 2.39. The summed E-state index contributed by atoms with van der Waals surface area (Å²) in [5, 5.41) is 6.12. The number of piperidine rings is 1. The van der Waals surface area contributed by atoms with E-state index >= 15 is 0 Å². The van der Waals surface area contributed by atoms with Gasteiger partial charge in [0, 0.05) is 23.6 Å². The summed E-state index contributed by atoms with van der Waals surface area (Å²) in [6.45, 7) is 2.14. The third kappa shape index (κ3) is 4.56. The highest BCUT2D eigenvalue weighted by Gasteiger charge is 2.36. The van der Waals surface area contributed by atoms with Crippen LogP contribution < -0.4 is 9.47 Å². The third-order valence-electron chi connectivity index (χ3n) is 5.96. The number of carbonyl (C=O) groups is 1. The first kappa shape index (κ1) is 21.3. The van der Waals surface area contributed by atoms with Gasteiger partial charge in [0.15, 0.2) is 0 Å². The SMILES string of the molecule is COc1ccc([C@@H]2CC(c3ccccc3F)=NN2C(=O)CN2CCCCC2)c(OC)c1. The number of ether oxygens (including phenoxy) is 2. The van der Waals surface area contributed by atoms with Crippen molar-refractivity contribution in [2.45, 2.75) is 31.7 Å². The molecular formula is C24H28FN3O3. The first-order valence-electron chi connectivity index (χ1n) is 10.7. The van der Waals surface area contributed by atoms with Crippen LogP contribution in [0, 0.1) is 5.82 Å². The molecule has 1 saturated heterocycles. The number of hydrazone groups is 1. The zero-order valence-electron chi connectivity index (χ0n) is 18.0. The summed E-state index contributed by atoms with van der Waals surface area (Å²) >= 11 is 0. The first-order chi connectivity index (χ1) is 15.1. The number of carbonyl (C=O) groups excluding carboxylic acids is 1. The number of nitrogens with zero attached hydrogens (tertiary/aromatic N) is 3. The molecule has 1 fully saturated rings. The lowest BCUT2D eigenvalue weighted by Gasteiger charge is -2.29. The predicted molar refractivity (Wildman–Crippen MR) is 117 cm³/mol. The van der Waals surface area contributed by atoms with Crippen LogP contribution in [0.1, 0.15) is 42.9 Å². The molecule has 7 heteroatoms. The summed E-state index contributed by atoms with van der Waals surface area (Å²) in [5.74, 6) is 0.855. The van der Waals surface area contributed by atoms with Crippen LogP contribution in [0.15, 0.2) is 47.6 Å². The maximum absolute atomic E-state index is 14.5. The normalized spacial score (nSPS) is 19.3. The summed E-state index contributed by atoms with van der Waals surface area (Å²) < 4.78 is 25.4. The van der Waals surface area contributed by atoms with Crippen molar-refractivity contribution >= 4 is 11.6 Å². The van der Waals surface area contributed by atoms with E-state index in [1.54, 1.807) is 38.5 Å². The Morgan fingerprint density at radius 1 is 1.10 bits per heavy atom. The van der Waals surface area contributed by atoms with E-state index in [4.69, 9.17) is 9.47 Å². The van der Waals surface area contributed by atoms with Gasteiger partial charge in [0.2, 0.25) is 0 Å². The average molecular weight is 426 g/mol. The van der Waals surface area contributed by atoms with Gasteiger partial charge in [-0.25, -0.2) is 9.40 Å². The summed E-state index contributed by atoms with van der Waals surface area (Å²) in [4.78, 5) is 15.5. The van der Waals surface area contributed by atoms with E-state index in [0.717, 1.165) is 31.5 Å². The Hall–Kier alpha value is -2.93. The number of hydrogen-bond acceptors (Lipinski definition) is 5. The number of amides is 1. The Balaban J connectivity index is 1.67. The van der Waals surface area contributed by atoms with Crippen molar-refractivity contribution in [2.75, 3.05) is 33.9 Å². The van der Waals surface area contributed by atoms with Crippen LogP contribution in [0.3, 0.4) is 0 Å². The molecule has 2 aliphatic heterocycles. The second-order valence-electron chi connectivity index (χ2n) is 7.93. The van der Waals surface area contributed by atoms with Crippen molar-refractivity contribution in [1.82, 2.24) is 9.91 Å². The monoisotopic (exact) mass is 425 g/mol. The number of methoxy groups -OCH3 is 2. The second kappa shape index (κ2) is 9.47. The highest BCUT2D eigenvalue weighted by atomic mass is 19.1. The van der Waals surface area contributed by atoms with Crippen molar-refractivity contribution in [1.29, 1.82) is 0 Å². The van der Waals surface area contributed by atoms with Gasteiger partial charge in [-0.05, 0) is 44.1 Å². The van der Waals surface area contributed by atoms with Crippen LogP contribution >= 0.6 is 0 Å². The van der Waals surface area contributed by atoms with E-state index in [-0.39, 0.29) is 17.8 Å². The maximum atomic E-state index is 14.5. The fraction of sp³-hybridized carbons (Fsp3) is 0.417. The van der Waals surface area contributed by atoms with E-state index in [2.05, 4.69) is 10.0 Å². The number of rotatable bonds is 6. The number of benzene rings is 2. The molecule has 0 aromatic heterocycles. The van der Waals surface area contributed by atoms with E-state index < -0.39 is 0 Å². The van der Waals surface area contributed by atoms with Crippen LogP contribution in [-0.2, 0) is 4.79 Å². The standard InChI is InChI=1S/C24H28FN3O3/c1-30-17-10-11-19(23(14-17)31-2)22-15-21(18-8-4-5-9-20(18)25)26-28(22)24(29)16-27-12-6-3-7-13-27/h4-5,8-11,14,22H,3,6-7,12-13,15-16H2,1-2H3/t22-/m0/s1. The molecule has 2 aliphatic rings. The van der Waals surface area contributed by atoms with Crippen LogP contribution in [-0.4, -0.2) is 55.4 Å².